The van der Waals surface area contributed by atoms with Gasteiger partial charge in [-0.1, -0.05) is 24.3 Å². The molecule has 3 aromatic heterocycles. The van der Waals surface area contributed by atoms with E-state index in [1.54, 1.807) is 12.4 Å². The highest BCUT2D eigenvalue weighted by Gasteiger charge is 2.41. The van der Waals surface area contributed by atoms with E-state index in [2.05, 4.69) is 36.1 Å². The Kier molecular flexibility index (Phi) is 6.54. The van der Waals surface area contributed by atoms with Crippen molar-refractivity contribution in [2.75, 3.05) is 11.9 Å². The van der Waals surface area contributed by atoms with Crippen molar-refractivity contribution in [1.82, 2.24) is 24.8 Å². The molecule has 1 aliphatic rings. The predicted molar refractivity (Wildman–Crippen MR) is 140 cm³/mol. The summed E-state index contributed by atoms with van der Waals surface area (Å²) in [6.07, 6.45) is 5.86. The molecule has 7 nitrogen and oxygen atoms in total. The number of hydrogen-bond donors (Lipinski definition) is 2. The molecule has 8 heteroatoms. The lowest BCUT2D eigenvalue weighted by Crippen LogP contribution is -2.33. The largest absolute Gasteiger partial charge is 0.352 e. The minimum Gasteiger partial charge on any atom is -0.352 e. The van der Waals surface area contributed by atoms with Crippen LogP contribution in [0.3, 0.4) is 0 Å². The van der Waals surface area contributed by atoms with E-state index in [-0.39, 0.29) is 18.0 Å². The Balaban J connectivity index is 1.43. The van der Waals surface area contributed by atoms with Gasteiger partial charge in [0.25, 0.3) is 0 Å². The van der Waals surface area contributed by atoms with Crippen LogP contribution in [0.4, 0.5) is 5.69 Å². The number of nitrogens with zero attached hydrogens (tertiary/aromatic N) is 4. The summed E-state index contributed by atoms with van der Waals surface area (Å²) >= 11 is 5.76. The second-order valence-electron chi connectivity index (χ2n) is 8.48. The number of carbonyl (C=O) groups is 1. The van der Waals surface area contributed by atoms with Crippen LogP contribution in [0.5, 0.6) is 0 Å². The van der Waals surface area contributed by atoms with Crippen molar-refractivity contribution >= 4 is 28.9 Å². The second kappa shape index (κ2) is 10.1. The predicted octanol–water partition coefficient (Wildman–Crippen LogP) is 4.58. The molecule has 4 aromatic rings. The first-order valence-corrected chi connectivity index (χ1v) is 11.9. The molecule has 0 unspecified atom stereocenters. The van der Waals surface area contributed by atoms with Crippen molar-refractivity contribution in [2.45, 2.75) is 25.4 Å². The van der Waals surface area contributed by atoms with E-state index < -0.39 is 0 Å². The minimum absolute atomic E-state index is 0.0569. The second-order valence-corrected chi connectivity index (χ2v) is 8.87. The third-order valence-electron chi connectivity index (χ3n) is 6.06. The Morgan fingerprint density at radius 1 is 1.03 bits per heavy atom. The maximum Gasteiger partial charge on any atom is 0.226 e. The standard InChI is InChI=1S/C27H26N6OS/c1-19-8-6-9-20(18-19)30-24(34)13-17-33-26(25(31-27(33)35)21-10-2-4-14-28-21)22-11-7-16-32(22)23-12-3-5-15-29-23/h2-12,14-16,18,25-26H,13,17H2,1H3,(H,30,34)(H,31,35)/t25-,26-/m0/s1. The van der Waals surface area contributed by atoms with Crippen LogP contribution in [-0.2, 0) is 4.79 Å². The van der Waals surface area contributed by atoms with E-state index >= 15 is 0 Å². The Hall–Kier alpha value is -4.04. The first-order chi connectivity index (χ1) is 17.1. The number of nitrogens with one attached hydrogen (secondary N) is 2. The number of amides is 1. The van der Waals surface area contributed by atoms with Gasteiger partial charge in [0.05, 0.1) is 17.8 Å². The van der Waals surface area contributed by atoms with E-state index in [9.17, 15) is 4.79 Å². The van der Waals surface area contributed by atoms with Gasteiger partial charge in [-0.25, -0.2) is 4.98 Å². The summed E-state index contributed by atoms with van der Waals surface area (Å²) in [5.74, 6) is 0.765. The maximum atomic E-state index is 12.8. The molecule has 2 atom stereocenters. The van der Waals surface area contributed by atoms with Gasteiger partial charge in [-0.05, 0) is 73.2 Å². The minimum atomic E-state index is -0.166. The fourth-order valence-corrected chi connectivity index (χ4v) is 4.81. The molecular formula is C27H26N6OS. The molecule has 0 radical (unpaired) electrons. The number of pyridine rings is 2. The molecule has 1 saturated heterocycles. The third-order valence-corrected chi connectivity index (χ3v) is 6.41. The van der Waals surface area contributed by atoms with Crippen LogP contribution in [-0.4, -0.2) is 37.0 Å². The van der Waals surface area contributed by atoms with Crippen molar-refractivity contribution in [3.63, 3.8) is 0 Å². The van der Waals surface area contributed by atoms with Crippen LogP contribution in [0.1, 0.15) is 35.5 Å². The highest BCUT2D eigenvalue weighted by atomic mass is 32.1. The molecule has 0 saturated carbocycles. The zero-order valence-electron chi connectivity index (χ0n) is 19.3. The van der Waals surface area contributed by atoms with E-state index in [0.29, 0.717) is 18.1 Å². The average Bonchev–Trinajstić information content (AvgIpc) is 3.48. The molecule has 1 aromatic carbocycles. The number of anilines is 1. The smallest absolute Gasteiger partial charge is 0.226 e. The van der Waals surface area contributed by atoms with E-state index in [4.69, 9.17) is 12.2 Å². The lowest BCUT2D eigenvalue weighted by molar-refractivity contribution is -0.116. The van der Waals surface area contributed by atoms with Crippen molar-refractivity contribution < 1.29 is 4.79 Å². The Bertz CT molecular complexity index is 1320. The van der Waals surface area contributed by atoms with Gasteiger partial charge in [-0.3, -0.25) is 9.78 Å². The van der Waals surface area contributed by atoms with Crippen molar-refractivity contribution in [3.05, 3.63) is 108 Å². The van der Waals surface area contributed by atoms with Gasteiger partial charge in [-0.15, -0.1) is 0 Å². The lowest BCUT2D eigenvalue weighted by atomic mass is 10.0. The van der Waals surface area contributed by atoms with Crippen molar-refractivity contribution in [3.8, 4) is 5.82 Å². The molecular weight excluding hydrogens is 456 g/mol. The quantitative estimate of drug-likeness (QED) is 0.376. The highest BCUT2D eigenvalue weighted by Crippen LogP contribution is 2.39. The first-order valence-electron chi connectivity index (χ1n) is 11.5. The number of carbonyl (C=O) groups excluding carboxylic acids is 1. The number of thiocarbonyl (C=S) groups is 1. The fourth-order valence-electron chi connectivity index (χ4n) is 4.48. The molecule has 5 rings (SSSR count). The third kappa shape index (κ3) is 4.93. The van der Waals surface area contributed by atoms with Gasteiger partial charge < -0.3 is 20.1 Å². The number of rotatable bonds is 7. The highest BCUT2D eigenvalue weighted by molar-refractivity contribution is 7.80. The summed E-state index contributed by atoms with van der Waals surface area (Å²) in [7, 11) is 0. The molecule has 0 bridgehead atoms. The zero-order valence-corrected chi connectivity index (χ0v) is 20.2. The first kappa shape index (κ1) is 22.7. The Morgan fingerprint density at radius 3 is 2.60 bits per heavy atom. The van der Waals surface area contributed by atoms with Gasteiger partial charge >= 0.3 is 0 Å². The summed E-state index contributed by atoms with van der Waals surface area (Å²) in [5.41, 5.74) is 3.80. The van der Waals surface area contributed by atoms with Gasteiger partial charge in [-0.2, -0.15) is 0 Å². The zero-order chi connectivity index (χ0) is 24.2. The summed E-state index contributed by atoms with van der Waals surface area (Å²) in [4.78, 5) is 24.0. The van der Waals surface area contributed by atoms with Crippen molar-refractivity contribution in [2.24, 2.45) is 0 Å². The van der Waals surface area contributed by atoms with Crippen LogP contribution in [0, 0.1) is 6.92 Å². The number of aryl methyl sites for hydroxylation is 1. The van der Waals surface area contributed by atoms with Crippen LogP contribution >= 0.6 is 12.2 Å². The fraction of sp³-hybridized carbons (Fsp3) is 0.185. The topological polar surface area (TPSA) is 75.1 Å². The van der Waals surface area contributed by atoms with Gasteiger partial charge in [0.1, 0.15) is 5.82 Å². The molecule has 0 spiro atoms. The number of aromatic nitrogens is 3. The van der Waals surface area contributed by atoms with E-state index in [1.807, 2.05) is 79.9 Å². The number of benzene rings is 1. The lowest BCUT2D eigenvalue weighted by Gasteiger charge is -2.28. The maximum absolute atomic E-state index is 12.8. The monoisotopic (exact) mass is 482 g/mol. The van der Waals surface area contributed by atoms with Crippen molar-refractivity contribution in [1.29, 1.82) is 0 Å². The Labute approximate surface area is 209 Å². The molecule has 2 N–H and O–H groups in total. The van der Waals surface area contributed by atoms with Gasteiger partial charge in [0, 0.05) is 42.9 Å². The normalized spacial score (nSPS) is 17.3. The number of hydrogen-bond acceptors (Lipinski definition) is 4. The molecule has 1 amide bonds. The Morgan fingerprint density at radius 2 is 1.86 bits per heavy atom. The van der Waals surface area contributed by atoms with Crippen LogP contribution < -0.4 is 10.6 Å². The van der Waals surface area contributed by atoms with Crippen LogP contribution in [0.15, 0.2) is 91.4 Å². The molecule has 0 aliphatic carbocycles. The van der Waals surface area contributed by atoms with Crippen LogP contribution in [0.25, 0.3) is 5.82 Å². The summed E-state index contributed by atoms with van der Waals surface area (Å²) in [6.45, 7) is 2.47. The van der Waals surface area contributed by atoms with Gasteiger partial charge in [0.2, 0.25) is 5.91 Å². The van der Waals surface area contributed by atoms with E-state index in [0.717, 1.165) is 28.5 Å². The molecule has 1 fully saturated rings. The van der Waals surface area contributed by atoms with Crippen LogP contribution in [0.2, 0.25) is 0 Å². The summed E-state index contributed by atoms with van der Waals surface area (Å²) < 4.78 is 2.07. The molecule has 4 heterocycles. The molecule has 1 aliphatic heterocycles. The summed E-state index contributed by atoms with van der Waals surface area (Å²) in [5, 5.41) is 7.04. The van der Waals surface area contributed by atoms with Gasteiger partial charge in [0.15, 0.2) is 5.11 Å². The SMILES string of the molecule is Cc1cccc(NC(=O)CCN2C(=S)N[C@@H](c3ccccn3)[C@@H]2c2cccn2-c2ccccn2)c1. The summed E-state index contributed by atoms with van der Waals surface area (Å²) in [6, 6.07) is 23.2. The average molecular weight is 483 g/mol. The molecule has 35 heavy (non-hydrogen) atoms. The molecule has 176 valence electrons. The van der Waals surface area contributed by atoms with E-state index in [1.165, 1.54) is 0 Å².